The van der Waals surface area contributed by atoms with E-state index in [-0.39, 0.29) is 0 Å². The number of nitriles is 1. The van der Waals surface area contributed by atoms with E-state index in [1.54, 1.807) is 0 Å². The third-order valence-electron chi connectivity index (χ3n) is 2.58. The highest BCUT2D eigenvalue weighted by Gasteiger charge is 2.46. The summed E-state index contributed by atoms with van der Waals surface area (Å²) < 4.78 is 37.1. The van der Waals surface area contributed by atoms with Crippen LogP contribution in [0, 0.1) is 11.3 Å². The van der Waals surface area contributed by atoms with Gasteiger partial charge in [0.2, 0.25) is 0 Å². The minimum atomic E-state index is -4.39. The molecule has 1 aliphatic rings. The third kappa shape index (κ3) is 1.67. The van der Waals surface area contributed by atoms with Crippen molar-refractivity contribution in [1.29, 1.82) is 5.26 Å². The molecule has 0 spiro atoms. The van der Waals surface area contributed by atoms with E-state index in [9.17, 15) is 13.2 Å². The molecule has 0 aliphatic heterocycles. The Bertz CT molecular complexity index is 427. The zero-order valence-corrected chi connectivity index (χ0v) is 7.67. The Kier molecular flexibility index (Phi) is 1.97. The second-order valence-electron chi connectivity index (χ2n) is 3.65. The molecular formula is C10H7F3N2. The molecule has 5 heteroatoms. The predicted molar refractivity (Wildman–Crippen MR) is 45.8 cm³/mol. The molecule has 1 heterocycles. The topological polar surface area (TPSA) is 36.7 Å². The van der Waals surface area contributed by atoms with Gasteiger partial charge >= 0.3 is 6.18 Å². The van der Waals surface area contributed by atoms with Crippen LogP contribution in [0.5, 0.6) is 0 Å². The fraction of sp³-hybridized carbons (Fsp3) is 0.400. The molecular weight excluding hydrogens is 205 g/mol. The average molecular weight is 212 g/mol. The van der Waals surface area contributed by atoms with Gasteiger partial charge in [0.05, 0.1) is 17.0 Å². The van der Waals surface area contributed by atoms with Crippen molar-refractivity contribution in [2.24, 2.45) is 0 Å². The quantitative estimate of drug-likeness (QED) is 0.717. The van der Waals surface area contributed by atoms with Crippen molar-refractivity contribution in [3.05, 3.63) is 29.6 Å². The van der Waals surface area contributed by atoms with Gasteiger partial charge < -0.3 is 0 Å². The van der Waals surface area contributed by atoms with Crippen LogP contribution in [-0.4, -0.2) is 4.98 Å². The van der Waals surface area contributed by atoms with Crippen LogP contribution in [0.25, 0.3) is 0 Å². The molecule has 1 aliphatic carbocycles. The van der Waals surface area contributed by atoms with E-state index in [2.05, 4.69) is 4.98 Å². The van der Waals surface area contributed by atoms with Crippen molar-refractivity contribution >= 4 is 0 Å². The minimum absolute atomic E-state index is 0.375. The number of hydrogen-bond acceptors (Lipinski definition) is 2. The first-order valence-corrected chi connectivity index (χ1v) is 4.42. The lowest BCUT2D eigenvalue weighted by molar-refractivity contribution is -0.137. The highest BCUT2D eigenvalue weighted by Crippen LogP contribution is 2.48. The van der Waals surface area contributed by atoms with Gasteiger partial charge in [0, 0.05) is 12.4 Å². The summed E-state index contributed by atoms with van der Waals surface area (Å²) in [4.78, 5) is 3.53. The molecule has 0 radical (unpaired) electrons. The first kappa shape index (κ1) is 9.97. The van der Waals surface area contributed by atoms with Crippen molar-refractivity contribution in [2.75, 3.05) is 0 Å². The summed E-state index contributed by atoms with van der Waals surface area (Å²) in [5, 5.41) is 8.84. The van der Waals surface area contributed by atoms with Crippen LogP contribution >= 0.6 is 0 Å². The molecule has 0 aromatic carbocycles. The van der Waals surface area contributed by atoms with Gasteiger partial charge in [-0.25, -0.2) is 0 Å². The van der Waals surface area contributed by atoms with Gasteiger partial charge in [0.1, 0.15) is 0 Å². The summed E-state index contributed by atoms with van der Waals surface area (Å²) in [5.41, 5.74) is -1.13. The van der Waals surface area contributed by atoms with Gasteiger partial charge in [0.25, 0.3) is 0 Å². The van der Waals surface area contributed by atoms with E-state index in [0.717, 1.165) is 12.3 Å². The van der Waals surface area contributed by atoms with Crippen LogP contribution in [-0.2, 0) is 11.6 Å². The lowest BCUT2D eigenvalue weighted by Crippen LogP contribution is -2.10. The normalized spacial score (nSPS) is 18.3. The van der Waals surface area contributed by atoms with Crippen LogP contribution in [0.15, 0.2) is 18.5 Å². The number of hydrogen-bond donors (Lipinski definition) is 0. The Balaban J connectivity index is 2.41. The third-order valence-corrected chi connectivity index (χ3v) is 2.58. The van der Waals surface area contributed by atoms with Crippen molar-refractivity contribution in [2.45, 2.75) is 24.4 Å². The molecule has 1 saturated carbocycles. The summed E-state index contributed by atoms with van der Waals surface area (Å²) in [6.45, 7) is 0. The number of aromatic nitrogens is 1. The highest BCUT2D eigenvalue weighted by atomic mass is 19.4. The lowest BCUT2D eigenvalue weighted by Gasteiger charge is -2.10. The van der Waals surface area contributed by atoms with E-state index in [1.807, 2.05) is 6.07 Å². The standard InChI is InChI=1S/C10H7F3N2/c11-10(12,13)8-3-7(4-15-5-8)9(6-14)1-2-9/h3-5H,1-2H2. The SMILES string of the molecule is N#CC1(c2cncc(C(F)(F)F)c2)CC1. The van der Waals surface area contributed by atoms with E-state index >= 15 is 0 Å². The maximum absolute atomic E-state index is 12.4. The number of halogens is 3. The Labute approximate surface area is 84.4 Å². The average Bonchev–Trinajstić information content (AvgIpc) is 2.97. The van der Waals surface area contributed by atoms with Crippen LogP contribution in [0.4, 0.5) is 13.2 Å². The maximum atomic E-state index is 12.4. The van der Waals surface area contributed by atoms with Gasteiger partial charge in [-0.3, -0.25) is 4.98 Å². The number of alkyl halides is 3. The molecule has 0 amide bonds. The summed E-state index contributed by atoms with van der Waals surface area (Å²) >= 11 is 0. The smallest absolute Gasteiger partial charge is 0.264 e. The molecule has 2 rings (SSSR count). The molecule has 1 aromatic heterocycles. The second-order valence-corrected chi connectivity index (χ2v) is 3.65. The monoisotopic (exact) mass is 212 g/mol. The second kappa shape index (κ2) is 2.96. The fourth-order valence-corrected chi connectivity index (χ4v) is 1.45. The van der Waals surface area contributed by atoms with E-state index in [0.29, 0.717) is 18.4 Å². The van der Waals surface area contributed by atoms with Crippen LogP contribution < -0.4 is 0 Å². The van der Waals surface area contributed by atoms with Gasteiger partial charge in [-0.15, -0.1) is 0 Å². The zero-order chi connectivity index (χ0) is 11.1. The molecule has 78 valence electrons. The molecule has 0 saturated heterocycles. The summed E-state index contributed by atoms with van der Waals surface area (Å²) in [5.74, 6) is 0. The first-order valence-electron chi connectivity index (χ1n) is 4.42. The van der Waals surface area contributed by atoms with Gasteiger partial charge in [0.15, 0.2) is 0 Å². The van der Waals surface area contributed by atoms with Crippen LogP contribution in [0.2, 0.25) is 0 Å². The molecule has 15 heavy (non-hydrogen) atoms. The van der Waals surface area contributed by atoms with Gasteiger partial charge in [-0.05, 0) is 24.5 Å². The predicted octanol–water partition coefficient (Wildman–Crippen LogP) is 2.66. The zero-order valence-electron chi connectivity index (χ0n) is 7.67. The minimum Gasteiger partial charge on any atom is -0.264 e. The Hall–Kier alpha value is -1.57. The Morgan fingerprint density at radius 3 is 2.47 bits per heavy atom. The van der Waals surface area contributed by atoms with Crippen molar-refractivity contribution in [3.8, 4) is 6.07 Å². The molecule has 2 nitrogen and oxygen atoms in total. The molecule has 1 aromatic rings. The van der Waals surface area contributed by atoms with E-state index in [1.165, 1.54) is 6.20 Å². The van der Waals surface area contributed by atoms with E-state index in [4.69, 9.17) is 5.26 Å². The molecule has 0 bridgehead atoms. The van der Waals surface area contributed by atoms with Gasteiger partial charge in [-0.2, -0.15) is 18.4 Å². The van der Waals surface area contributed by atoms with Crippen LogP contribution in [0.3, 0.4) is 0 Å². The molecule has 0 atom stereocenters. The number of nitrogens with zero attached hydrogens (tertiary/aromatic N) is 2. The van der Waals surface area contributed by atoms with E-state index < -0.39 is 17.2 Å². The van der Waals surface area contributed by atoms with Crippen LogP contribution in [0.1, 0.15) is 24.0 Å². The Morgan fingerprint density at radius 2 is 2.00 bits per heavy atom. The summed E-state index contributed by atoms with van der Waals surface area (Å²) in [6, 6.07) is 3.06. The summed E-state index contributed by atoms with van der Waals surface area (Å²) in [6.07, 6.45) is -1.05. The van der Waals surface area contributed by atoms with Crippen molar-refractivity contribution < 1.29 is 13.2 Å². The summed E-state index contributed by atoms with van der Waals surface area (Å²) in [7, 11) is 0. The molecule has 0 unspecified atom stereocenters. The fourth-order valence-electron chi connectivity index (χ4n) is 1.45. The molecule has 0 N–H and O–H groups in total. The Morgan fingerprint density at radius 1 is 1.33 bits per heavy atom. The molecule has 1 fully saturated rings. The lowest BCUT2D eigenvalue weighted by atomic mass is 9.98. The maximum Gasteiger partial charge on any atom is 0.417 e. The number of pyridine rings is 1. The van der Waals surface area contributed by atoms with Gasteiger partial charge in [-0.1, -0.05) is 0 Å². The van der Waals surface area contributed by atoms with Crippen molar-refractivity contribution in [3.63, 3.8) is 0 Å². The van der Waals surface area contributed by atoms with Crippen molar-refractivity contribution in [1.82, 2.24) is 4.98 Å². The number of rotatable bonds is 1. The first-order chi connectivity index (χ1) is 6.98. The largest absolute Gasteiger partial charge is 0.417 e. The highest BCUT2D eigenvalue weighted by molar-refractivity contribution is 5.39.